The third-order valence-electron chi connectivity index (χ3n) is 4.21. The summed E-state index contributed by atoms with van der Waals surface area (Å²) < 4.78 is 10.8. The van der Waals surface area contributed by atoms with Crippen molar-refractivity contribution in [3.05, 3.63) is 0 Å². The van der Waals surface area contributed by atoms with E-state index in [9.17, 15) is 4.79 Å². The average Bonchev–Trinajstić information content (AvgIpc) is 2.65. The number of carbonyl (C=O) groups excluding carboxylic acids is 1. The van der Waals surface area contributed by atoms with Crippen LogP contribution in [0.1, 0.15) is 13.3 Å². The molecule has 0 spiro atoms. The van der Waals surface area contributed by atoms with E-state index in [1.54, 1.807) is 7.11 Å². The molecule has 6 atom stereocenters. The molecule has 1 saturated heterocycles. The monoisotopic (exact) mass is 182 g/mol. The predicted molar refractivity (Wildman–Crippen MR) is 44.9 cm³/mol. The van der Waals surface area contributed by atoms with Crippen LogP contribution in [0.25, 0.3) is 0 Å². The molecule has 3 rings (SSSR count). The van der Waals surface area contributed by atoms with Gasteiger partial charge in [-0.2, -0.15) is 0 Å². The number of methoxy groups -OCH3 is 1. The smallest absolute Gasteiger partial charge is 0.310 e. The van der Waals surface area contributed by atoms with Gasteiger partial charge in [-0.3, -0.25) is 4.79 Å². The Morgan fingerprint density at radius 1 is 1.46 bits per heavy atom. The van der Waals surface area contributed by atoms with Crippen LogP contribution < -0.4 is 0 Å². The number of esters is 1. The second-order valence-corrected chi connectivity index (χ2v) is 4.55. The highest BCUT2D eigenvalue weighted by Crippen LogP contribution is 2.58. The molecule has 1 aliphatic heterocycles. The Morgan fingerprint density at radius 3 is 2.92 bits per heavy atom. The molecular weight excluding hydrogens is 168 g/mol. The molecule has 0 amide bonds. The SMILES string of the molecule is COC1C2CC3C1OC(=O)C3C2C. The fraction of sp³-hybridized carbons (Fsp3) is 0.900. The van der Waals surface area contributed by atoms with E-state index in [0.29, 0.717) is 17.8 Å². The fourth-order valence-electron chi connectivity index (χ4n) is 3.66. The second-order valence-electron chi connectivity index (χ2n) is 4.55. The fourth-order valence-corrected chi connectivity index (χ4v) is 3.66. The molecule has 2 aliphatic carbocycles. The van der Waals surface area contributed by atoms with E-state index < -0.39 is 0 Å². The van der Waals surface area contributed by atoms with Gasteiger partial charge in [0.15, 0.2) is 0 Å². The van der Waals surface area contributed by atoms with Crippen molar-refractivity contribution in [2.45, 2.75) is 25.6 Å². The molecule has 6 unspecified atom stereocenters. The molecule has 0 radical (unpaired) electrons. The van der Waals surface area contributed by atoms with Gasteiger partial charge in [-0.15, -0.1) is 0 Å². The number of carbonyl (C=O) groups is 1. The van der Waals surface area contributed by atoms with Crippen molar-refractivity contribution in [3.63, 3.8) is 0 Å². The van der Waals surface area contributed by atoms with Crippen LogP contribution in [0, 0.1) is 23.7 Å². The van der Waals surface area contributed by atoms with Crippen molar-refractivity contribution >= 4 is 5.97 Å². The van der Waals surface area contributed by atoms with Crippen molar-refractivity contribution < 1.29 is 14.3 Å². The third-order valence-corrected chi connectivity index (χ3v) is 4.21. The van der Waals surface area contributed by atoms with E-state index in [0.717, 1.165) is 6.42 Å². The van der Waals surface area contributed by atoms with Gasteiger partial charge in [0.1, 0.15) is 6.10 Å². The summed E-state index contributed by atoms with van der Waals surface area (Å²) in [4.78, 5) is 11.5. The van der Waals surface area contributed by atoms with Gasteiger partial charge >= 0.3 is 5.97 Å². The summed E-state index contributed by atoms with van der Waals surface area (Å²) in [5, 5.41) is 0. The molecule has 3 heteroatoms. The number of fused-ring (bicyclic) bond motifs is 1. The van der Waals surface area contributed by atoms with Crippen LogP contribution in [-0.2, 0) is 14.3 Å². The lowest BCUT2D eigenvalue weighted by Crippen LogP contribution is -2.37. The molecule has 0 N–H and O–H groups in total. The van der Waals surface area contributed by atoms with Gasteiger partial charge in [0.25, 0.3) is 0 Å². The highest BCUT2D eigenvalue weighted by Gasteiger charge is 2.65. The van der Waals surface area contributed by atoms with Crippen LogP contribution in [0.4, 0.5) is 0 Å². The van der Waals surface area contributed by atoms with E-state index >= 15 is 0 Å². The highest BCUT2D eigenvalue weighted by molar-refractivity contribution is 5.77. The molecule has 2 bridgehead atoms. The van der Waals surface area contributed by atoms with Gasteiger partial charge in [-0.25, -0.2) is 0 Å². The minimum Gasteiger partial charge on any atom is -0.459 e. The maximum Gasteiger partial charge on any atom is 0.310 e. The molecule has 0 aromatic carbocycles. The Labute approximate surface area is 77.4 Å². The lowest BCUT2D eigenvalue weighted by Gasteiger charge is -2.28. The summed E-state index contributed by atoms with van der Waals surface area (Å²) in [5.74, 6) is 1.67. The number of rotatable bonds is 1. The average molecular weight is 182 g/mol. The zero-order valence-corrected chi connectivity index (χ0v) is 7.90. The van der Waals surface area contributed by atoms with Crippen molar-refractivity contribution in [1.29, 1.82) is 0 Å². The normalized spacial score (nSPS) is 57.2. The van der Waals surface area contributed by atoms with Crippen molar-refractivity contribution in [2.75, 3.05) is 7.11 Å². The molecule has 2 saturated carbocycles. The minimum absolute atomic E-state index is 0.0181. The highest BCUT2D eigenvalue weighted by atomic mass is 16.6. The summed E-state index contributed by atoms with van der Waals surface area (Å²) in [5.41, 5.74) is 0. The van der Waals surface area contributed by atoms with Crippen LogP contribution in [0.5, 0.6) is 0 Å². The summed E-state index contributed by atoms with van der Waals surface area (Å²) in [6, 6.07) is 0. The first-order valence-corrected chi connectivity index (χ1v) is 4.97. The Balaban J connectivity index is 2.00. The summed E-state index contributed by atoms with van der Waals surface area (Å²) >= 11 is 0. The molecule has 3 nitrogen and oxygen atoms in total. The number of hydrogen-bond donors (Lipinski definition) is 0. The lowest BCUT2D eigenvalue weighted by atomic mass is 9.80. The predicted octanol–water partition coefficient (Wildman–Crippen LogP) is 0.829. The maximum absolute atomic E-state index is 11.5. The summed E-state index contributed by atoms with van der Waals surface area (Å²) in [7, 11) is 1.72. The van der Waals surface area contributed by atoms with Crippen molar-refractivity contribution in [1.82, 2.24) is 0 Å². The third kappa shape index (κ3) is 0.725. The van der Waals surface area contributed by atoms with Crippen LogP contribution >= 0.6 is 0 Å². The first kappa shape index (κ1) is 7.80. The van der Waals surface area contributed by atoms with Gasteiger partial charge in [-0.05, 0) is 18.3 Å². The van der Waals surface area contributed by atoms with Gasteiger partial charge in [0.2, 0.25) is 0 Å². The zero-order chi connectivity index (χ0) is 9.16. The molecule has 0 aromatic rings. The van der Waals surface area contributed by atoms with Crippen LogP contribution in [0.15, 0.2) is 0 Å². The van der Waals surface area contributed by atoms with E-state index in [1.807, 2.05) is 0 Å². The van der Waals surface area contributed by atoms with E-state index in [2.05, 4.69) is 6.92 Å². The zero-order valence-electron chi connectivity index (χ0n) is 7.90. The van der Waals surface area contributed by atoms with Gasteiger partial charge in [-0.1, -0.05) is 6.92 Å². The van der Waals surface area contributed by atoms with Crippen LogP contribution in [-0.4, -0.2) is 25.3 Å². The Bertz CT molecular complexity index is 263. The van der Waals surface area contributed by atoms with E-state index in [-0.39, 0.29) is 24.1 Å². The quantitative estimate of drug-likeness (QED) is 0.563. The standard InChI is InChI=1S/C10H14O3/c1-4-5-3-6-7(4)10(11)13-9(6)8(5)12-2/h4-9H,3H2,1-2H3. The molecular formula is C10H14O3. The Kier molecular flexibility index (Phi) is 1.36. The van der Waals surface area contributed by atoms with Crippen molar-refractivity contribution in [3.8, 4) is 0 Å². The number of ether oxygens (including phenoxy) is 2. The Hall–Kier alpha value is -0.570. The molecule has 3 aliphatic rings. The maximum atomic E-state index is 11.5. The number of hydrogen-bond acceptors (Lipinski definition) is 3. The first-order valence-electron chi connectivity index (χ1n) is 4.97. The summed E-state index contributed by atoms with van der Waals surface area (Å²) in [6.45, 7) is 2.16. The minimum atomic E-state index is 0.0181. The van der Waals surface area contributed by atoms with Crippen LogP contribution in [0.2, 0.25) is 0 Å². The Morgan fingerprint density at radius 2 is 2.23 bits per heavy atom. The van der Waals surface area contributed by atoms with E-state index in [4.69, 9.17) is 9.47 Å². The van der Waals surface area contributed by atoms with Gasteiger partial charge in [0, 0.05) is 13.0 Å². The second kappa shape index (κ2) is 2.27. The molecule has 13 heavy (non-hydrogen) atoms. The molecule has 1 heterocycles. The van der Waals surface area contributed by atoms with Crippen molar-refractivity contribution in [2.24, 2.45) is 23.7 Å². The van der Waals surface area contributed by atoms with Gasteiger partial charge in [0.05, 0.1) is 12.0 Å². The topological polar surface area (TPSA) is 35.5 Å². The molecule has 0 aromatic heterocycles. The summed E-state index contributed by atoms with van der Waals surface area (Å²) in [6.07, 6.45) is 1.37. The molecule has 3 fully saturated rings. The van der Waals surface area contributed by atoms with E-state index in [1.165, 1.54) is 0 Å². The first-order chi connectivity index (χ1) is 6.24. The van der Waals surface area contributed by atoms with Crippen LogP contribution in [0.3, 0.4) is 0 Å². The largest absolute Gasteiger partial charge is 0.459 e. The lowest BCUT2D eigenvalue weighted by molar-refractivity contribution is -0.146. The van der Waals surface area contributed by atoms with Gasteiger partial charge < -0.3 is 9.47 Å². The molecule has 72 valence electrons.